The Bertz CT molecular complexity index is 887. The number of carbonyl (C=O) groups excluding carboxylic acids is 3. The van der Waals surface area contributed by atoms with Crippen molar-refractivity contribution in [1.82, 2.24) is 0 Å². The van der Waals surface area contributed by atoms with Crippen LogP contribution in [0.25, 0.3) is 0 Å². The number of aryl methyl sites for hydroxylation is 2. The molecule has 0 aliphatic carbocycles. The van der Waals surface area contributed by atoms with Crippen LogP contribution in [0.5, 0.6) is 0 Å². The van der Waals surface area contributed by atoms with Crippen molar-refractivity contribution in [2.75, 3.05) is 4.90 Å². The average Bonchev–Trinajstić information content (AvgIpc) is 2.86. The second kappa shape index (κ2) is 6.51. The topological polar surface area (TPSA) is 80.5 Å². The summed E-state index contributed by atoms with van der Waals surface area (Å²) < 4.78 is 0. The van der Waals surface area contributed by atoms with Gasteiger partial charge in [-0.05, 0) is 36.1 Å². The number of amides is 3. The quantitative estimate of drug-likeness (QED) is 0.852. The summed E-state index contributed by atoms with van der Waals surface area (Å²) in [5.74, 6) is -1.59. The summed E-state index contributed by atoms with van der Waals surface area (Å²) in [5.41, 5.74) is 8.35. The summed E-state index contributed by atoms with van der Waals surface area (Å²) in [5, 5.41) is 0. The zero-order valence-electron chi connectivity index (χ0n) is 14.3. The van der Waals surface area contributed by atoms with Crippen LogP contribution >= 0.6 is 0 Å². The van der Waals surface area contributed by atoms with E-state index in [4.69, 9.17) is 5.73 Å². The minimum absolute atomic E-state index is 0.0874. The molecule has 5 heteroatoms. The SMILES string of the molecule is CCCc1cccc(CC)c1N1C(=O)c2cccc(C(N)=O)c2C1=O. The van der Waals surface area contributed by atoms with Crippen molar-refractivity contribution >= 4 is 23.4 Å². The van der Waals surface area contributed by atoms with E-state index >= 15 is 0 Å². The summed E-state index contributed by atoms with van der Waals surface area (Å²) in [6.45, 7) is 4.04. The van der Waals surface area contributed by atoms with Crippen LogP contribution in [-0.2, 0) is 12.8 Å². The van der Waals surface area contributed by atoms with Gasteiger partial charge >= 0.3 is 0 Å². The number of nitrogens with two attached hydrogens (primary N) is 1. The standard InChI is InChI=1S/C20H20N2O3/c1-3-7-13-9-5-8-12(4-2)17(13)22-19(24)15-11-6-10-14(18(21)23)16(15)20(22)25/h5-6,8-11H,3-4,7H2,1-2H3,(H2,21,23). The Morgan fingerprint density at radius 1 is 1.00 bits per heavy atom. The van der Waals surface area contributed by atoms with Gasteiger partial charge in [-0.3, -0.25) is 14.4 Å². The molecule has 0 saturated heterocycles. The van der Waals surface area contributed by atoms with Crippen molar-refractivity contribution < 1.29 is 14.4 Å². The Labute approximate surface area is 146 Å². The van der Waals surface area contributed by atoms with E-state index in [1.165, 1.54) is 11.0 Å². The molecule has 0 aromatic heterocycles. The molecule has 3 rings (SSSR count). The molecule has 1 aliphatic heterocycles. The maximum atomic E-state index is 13.1. The van der Waals surface area contributed by atoms with Crippen LogP contribution in [0.1, 0.15) is 62.5 Å². The van der Waals surface area contributed by atoms with E-state index in [9.17, 15) is 14.4 Å². The summed E-state index contributed by atoms with van der Waals surface area (Å²) in [4.78, 5) is 38.9. The van der Waals surface area contributed by atoms with Gasteiger partial charge in [0.25, 0.3) is 11.8 Å². The first-order chi connectivity index (χ1) is 12.0. The van der Waals surface area contributed by atoms with E-state index < -0.39 is 17.7 Å². The van der Waals surface area contributed by atoms with Crippen LogP contribution in [0.3, 0.4) is 0 Å². The van der Waals surface area contributed by atoms with E-state index in [1.807, 2.05) is 25.1 Å². The van der Waals surface area contributed by atoms with Crippen molar-refractivity contribution in [3.05, 3.63) is 64.2 Å². The van der Waals surface area contributed by atoms with E-state index in [0.717, 1.165) is 24.0 Å². The molecule has 2 aromatic carbocycles. The molecule has 3 amide bonds. The minimum atomic E-state index is -0.711. The van der Waals surface area contributed by atoms with Gasteiger partial charge in [-0.15, -0.1) is 0 Å². The fourth-order valence-corrected chi connectivity index (χ4v) is 3.38. The number of hydrogen-bond acceptors (Lipinski definition) is 3. The second-order valence-corrected chi connectivity index (χ2v) is 6.07. The molecule has 25 heavy (non-hydrogen) atoms. The zero-order valence-corrected chi connectivity index (χ0v) is 14.3. The molecular formula is C20H20N2O3. The van der Waals surface area contributed by atoms with Crippen LogP contribution in [0, 0.1) is 0 Å². The Morgan fingerprint density at radius 2 is 1.68 bits per heavy atom. The Morgan fingerprint density at radius 3 is 2.32 bits per heavy atom. The number of rotatable bonds is 5. The number of anilines is 1. The third-order valence-corrected chi connectivity index (χ3v) is 4.51. The molecule has 5 nitrogen and oxygen atoms in total. The number of primary amides is 1. The number of hydrogen-bond donors (Lipinski definition) is 1. The Balaban J connectivity index is 2.22. The van der Waals surface area contributed by atoms with Crippen LogP contribution in [0.15, 0.2) is 36.4 Å². The van der Waals surface area contributed by atoms with Gasteiger partial charge < -0.3 is 5.73 Å². The van der Waals surface area contributed by atoms with Crippen molar-refractivity contribution in [2.45, 2.75) is 33.1 Å². The summed E-state index contributed by atoms with van der Waals surface area (Å²) >= 11 is 0. The number of benzene rings is 2. The van der Waals surface area contributed by atoms with Gasteiger partial charge in [0.15, 0.2) is 0 Å². The Kier molecular flexibility index (Phi) is 4.40. The Hall–Kier alpha value is -2.95. The van der Waals surface area contributed by atoms with E-state index in [0.29, 0.717) is 12.1 Å². The van der Waals surface area contributed by atoms with Gasteiger partial charge in [0.05, 0.1) is 22.4 Å². The molecular weight excluding hydrogens is 316 g/mol. The van der Waals surface area contributed by atoms with Gasteiger partial charge in [-0.2, -0.15) is 0 Å². The normalized spacial score (nSPS) is 13.3. The molecule has 0 radical (unpaired) electrons. The summed E-state index contributed by atoms with van der Waals surface area (Å²) in [7, 11) is 0. The fourth-order valence-electron chi connectivity index (χ4n) is 3.38. The maximum absolute atomic E-state index is 13.1. The van der Waals surface area contributed by atoms with E-state index in [1.54, 1.807) is 12.1 Å². The first-order valence-corrected chi connectivity index (χ1v) is 8.43. The van der Waals surface area contributed by atoms with E-state index in [-0.39, 0.29) is 16.7 Å². The summed E-state index contributed by atoms with van der Waals surface area (Å²) in [6.07, 6.45) is 2.36. The van der Waals surface area contributed by atoms with Gasteiger partial charge in [-0.1, -0.05) is 44.5 Å². The molecule has 0 spiro atoms. The molecule has 1 aliphatic rings. The molecule has 128 valence electrons. The second-order valence-electron chi connectivity index (χ2n) is 6.07. The molecule has 0 bridgehead atoms. The van der Waals surface area contributed by atoms with Crippen LogP contribution in [-0.4, -0.2) is 17.7 Å². The van der Waals surface area contributed by atoms with Gasteiger partial charge in [0, 0.05) is 0 Å². The number of nitrogens with zero attached hydrogens (tertiary/aromatic N) is 1. The number of para-hydroxylation sites is 1. The molecule has 2 N–H and O–H groups in total. The monoisotopic (exact) mass is 336 g/mol. The molecule has 0 unspecified atom stereocenters. The smallest absolute Gasteiger partial charge is 0.266 e. The molecule has 0 saturated carbocycles. The highest BCUT2D eigenvalue weighted by molar-refractivity contribution is 6.36. The van der Waals surface area contributed by atoms with Gasteiger partial charge in [-0.25, -0.2) is 4.90 Å². The molecule has 0 atom stereocenters. The highest BCUT2D eigenvalue weighted by Crippen LogP contribution is 2.35. The molecule has 1 heterocycles. The number of carbonyl (C=O) groups is 3. The lowest BCUT2D eigenvalue weighted by molar-refractivity contribution is 0.0918. The van der Waals surface area contributed by atoms with Crippen LogP contribution < -0.4 is 10.6 Å². The molecule has 2 aromatic rings. The largest absolute Gasteiger partial charge is 0.366 e. The highest BCUT2D eigenvalue weighted by atomic mass is 16.2. The van der Waals surface area contributed by atoms with Gasteiger partial charge in [0.1, 0.15) is 0 Å². The number of imide groups is 1. The van der Waals surface area contributed by atoms with Crippen molar-refractivity contribution in [2.24, 2.45) is 5.73 Å². The van der Waals surface area contributed by atoms with Crippen molar-refractivity contribution in [3.63, 3.8) is 0 Å². The van der Waals surface area contributed by atoms with Crippen LogP contribution in [0.2, 0.25) is 0 Å². The minimum Gasteiger partial charge on any atom is -0.366 e. The number of fused-ring (bicyclic) bond motifs is 1. The lowest BCUT2D eigenvalue weighted by Crippen LogP contribution is -2.32. The van der Waals surface area contributed by atoms with Crippen molar-refractivity contribution in [1.29, 1.82) is 0 Å². The first kappa shape index (κ1) is 16.9. The first-order valence-electron chi connectivity index (χ1n) is 8.43. The summed E-state index contributed by atoms with van der Waals surface area (Å²) in [6, 6.07) is 10.4. The zero-order chi connectivity index (χ0) is 18.1. The maximum Gasteiger partial charge on any atom is 0.266 e. The lowest BCUT2D eigenvalue weighted by Gasteiger charge is -2.21. The van der Waals surface area contributed by atoms with E-state index in [2.05, 4.69) is 6.92 Å². The third kappa shape index (κ3) is 2.61. The van der Waals surface area contributed by atoms with Crippen LogP contribution in [0.4, 0.5) is 5.69 Å². The fraction of sp³-hybridized carbons (Fsp3) is 0.250. The lowest BCUT2D eigenvalue weighted by atomic mass is 10.0. The highest BCUT2D eigenvalue weighted by Gasteiger charge is 2.40. The van der Waals surface area contributed by atoms with Crippen molar-refractivity contribution in [3.8, 4) is 0 Å². The van der Waals surface area contributed by atoms with Gasteiger partial charge in [0.2, 0.25) is 5.91 Å². The predicted molar refractivity (Wildman–Crippen MR) is 95.9 cm³/mol. The third-order valence-electron chi connectivity index (χ3n) is 4.51. The predicted octanol–water partition coefficient (Wildman–Crippen LogP) is 3.10. The average molecular weight is 336 g/mol. The molecule has 0 fully saturated rings.